The maximum absolute atomic E-state index is 12.6. The van der Waals surface area contributed by atoms with E-state index in [0.717, 1.165) is 64.8 Å². The molecule has 3 aromatic rings. The van der Waals surface area contributed by atoms with Gasteiger partial charge in [-0.15, -0.1) is 0 Å². The number of nitrogens with zero attached hydrogens (tertiary/aromatic N) is 1. The number of amides is 1. The van der Waals surface area contributed by atoms with Gasteiger partial charge >= 0.3 is 0 Å². The molecule has 1 aromatic heterocycles. The van der Waals surface area contributed by atoms with Crippen LogP contribution in [0.1, 0.15) is 81.0 Å². The first-order chi connectivity index (χ1) is 24.1. The van der Waals surface area contributed by atoms with Crippen molar-refractivity contribution in [3.05, 3.63) is 75.0 Å². The summed E-state index contributed by atoms with van der Waals surface area (Å²) in [6.45, 7) is 2.61. The molecule has 6 N–H and O–H groups in total. The van der Waals surface area contributed by atoms with E-state index in [1.807, 2.05) is 44.3 Å². The van der Waals surface area contributed by atoms with Crippen LogP contribution in [0.15, 0.2) is 42.7 Å². The first-order valence-electron chi connectivity index (χ1n) is 17.5. The Labute approximate surface area is 303 Å². The van der Waals surface area contributed by atoms with Gasteiger partial charge in [0, 0.05) is 35.5 Å². The van der Waals surface area contributed by atoms with Crippen LogP contribution in [0.4, 0.5) is 0 Å². The minimum atomic E-state index is -1.74. The second-order valence-electron chi connectivity index (χ2n) is 13.2. The molecular weight excluding hydrogens is 683 g/mol. The van der Waals surface area contributed by atoms with Gasteiger partial charge in [0.15, 0.2) is 0 Å². The predicted octanol–water partition coefficient (Wildman–Crippen LogP) is 5.05. The maximum Gasteiger partial charge on any atom is 0.220 e. The van der Waals surface area contributed by atoms with Gasteiger partial charge in [-0.3, -0.25) is 9.78 Å². The molecule has 0 saturated heterocycles. The highest BCUT2D eigenvalue weighted by molar-refractivity contribution is 6.36. The van der Waals surface area contributed by atoms with Gasteiger partial charge in [-0.05, 0) is 86.6 Å². The van der Waals surface area contributed by atoms with Crippen LogP contribution in [-0.4, -0.2) is 80.1 Å². The summed E-state index contributed by atoms with van der Waals surface area (Å²) >= 11 is 14.3. The number of aliphatic hydroxyl groups is 5. The van der Waals surface area contributed by atoms with E-state index in [1.54, 1.807) is 6.20 Å². The van der Waals surface area contributed by atoms with Crippen LogP contribution in [0.2, 0.25) is 10.0 Å². The van der Waals surface area contributed by atoms with Crippen molar-refractivity contribution in [2.24, 2.45) is 0 Å². The zero-order valence-corrected chi connectivity index (χ0v) is 30.1. The third kappa shape index (κ3) is 8.56. The number of carbonyl (C=O) groups is 1. The second-order valence-corrected chi connectivity index (χ2v) is 14.0. The molecule has 5 rings (SSSR count). The lowest BCUT2D eigenvalue weighted by atomic mass is 9.94. The highest BCUT2D eigenvalue weighted by Gasteiger charge is 2.50. The molecule has 2 aliphatic carbocycles. The first-order valence-corrected chi connectivity index (χ1v) is 18.3. The van der Waals surface area contributed by atoms with Crippen molar-refractivity contribution in [2.75, 3.05) is 13.2 Å². The number of aromatic nitrogens is 1. The summed E-state index contributed by atoms with van der Waals surface area (Å²) in [5, 5.41) is 52.1. The summed E-state index contributed by atoms with van der Waals surface area (Å²) in [5.41, 5.74) is 5.05. The normalized spacial score (nSPS) is 17.5. The summed E-state index contributed by atoms with van der Waals surface area (Å²) < 4.78 is 13.2. The van der Waals surface area contributed by atoms with Gasteiger partial charge in [-0.25, -0.2) is 0 Å². The molecule has 2 saturated carbocycles. The van der Waals surface area contributed by atoms with E-state index in [2.05, 4.69) is 16.4 Å². The van der Waals surface area contributed by atoms with Crippen LogP contribution < -0.4 is 14.8 Å². The third-order valence-electron chi connectivity index (χ3n) is 9.62. The number of benzene rings is 2. The van der Waals surface area contributed by atoms with Crippen molar-refractivity contribution in [1.82, 2.24) is 10.3 Å². The molecule has 0 bridgehead atoms. The average Bonchev–Trinajstić information content (AvgIpc) is 4.08. The largest absolute Gasteiger partial charge is 0.490 e. The molecule has 0 radical (unpaired) electrons. The van der Waals surface area contributed by atoms with Gasteiger partial charge in [-0.2, -0.15) is 0 Å². The fraction of sp³-hybridized carbons (Fsp3) is 0.526. The van der Waals surface area contributed by atoms with Crippen molar-refractivity contribution in [3.8, 4) is 22.6 Å². The number of hydrogen-bond acceptors (Lipinski definition) is 9. The second kappa shape index (κ2) is 17.0. The number of nitrogens with one attached hydrogen (secondary N) is 1. The maximum atomic E-state index is 12.6. The van der Waals surface area contributed by atoms with E-state index >= 15 is 0 Å². The van der Waals surface area contributed by atoms with E-state index in [-0.39, 0.29) is 12.5 Å². The van der Waals surface area contributed by atoms with Crippen LogP contribution >= 0.6 is 23.2 Å². The number of unbranched alkanes of at least 4 members (excludes halogenated alkanes) is 1. The molecular formula is C38H48Cl2N2O8. The summed E-state index contributed by atoms with van der Waals surface area (Å²) in [4.78, 5) is 17.1. The Morgan fingerprint density at radius 1 is 0.940 bits per heavy atom. The number of ether oxygens (including phenoxy) is 2. The van der Waals surface area contributed by atoms with E-state index in [1.165, 1.54) is 0 Å². The minimum absolute atomic E-state index is 0.0985. The van der Waals surface area contributed by atoms with Gasteiger partial charge in [0.1, 0.15) is 35.4 Å². The number of hydrogen-bond donors (Lipinski definition) is 6. The Kier molecular flexibility index (Phi) is 13.0. The Morgan fingerprint density at radius 2 is 1.66 bits per heavy atom. The van der Waals surface area contributed by atoms with Crippen molar-refractivity contribution in [3.63, 3.8) is 0 Å². The van der Waals surface area contributed by atoms with Crippen LogP contribution in [0, 0.1) is 0 Å². The molecule has 0 spiro atoms. The molecule has 2 fully saturated rings. The first kappa shape index (κ1) is 38.3. The van der Waals surface area contributed by atoms with Crippen molar-refractivity contribution >= 4 is 29.1 Å². The molecule has 0 aliphatic heterocycles. The van der Waals surface area contributed by atoms with E-state index < -0.39 is 49.1 Å². The Bertz CT molecular complexity index is 1630. The van der Waals surface area contributed by atoms with E-state index in [9.17, 15) is 25.2 Å². The molecule has 2 aliphatic rings. The van der Waals surface area contributed by atoms with Crippen LogP contribution in [-0.2, 0) is 29.7 Å². The van der Waals surface area contributed by atoms with Crippen LogP contribution in [0.5, 0.6) is 11.5 Å². The minimum Gasteiger partial charge on any atom is -0.490 e. The lowest BCUT2D eigenvalue weighted by Gasteiger charge is -2.28. The molecule has 272 valence electrons. The Balaban J connectivity index is 1.31. The molecule has 12 heteroatoms. The summed E-state index contributed by atoms with van der Waals surface area (Å²) in [6, 6.07) is 8.90. The number of halogens is 2. The summed E-state index contributed by atoms with van der Waals surface area (Å²) in [5.74, 6) is 1.01. The highest BCUT2D eigenvalue weighted by atomic mass is 35.5. The average molecular weight is 732 g/mol. The zero-order chi connectivity index (χ0) is 36.0. The smallest absolute Gasteiger partial charge is 0.220 e. The Hall–Kier alpha value is -2.96. The van der Waals surface area contributed by atoms with Crippen LogP contribution in [0.25, 0.3) is 11.1 Å². The van der Waals surface area contributed by atoms with Crippen molar-refractivity contribution < 1.29 is 39.8 Å². The standard InChI is InChI=1S/C38H48Cl2N2O8/c1-3-23-27(10-6-8-12-32(46)42-29(20-43)35(47)36(48)30(45)21-44)33(39)24(4-2)37(34(23)40)50-38(16-17-38)28-19-41-18-15-25(28)26-9-5-7-11-31(26)49-22-13-14-22/h5,7,9,11,15,18-19,22,29-30,35-36,43-45,47-48H,3-4,6,8,10,12-14,16-17,20-21H2,1-2H3,(H,42,46)/t29-,30+,35+,36+/m0/s1. The number of carbonyl (C=O) groups excluding carboxylic acids is 1. The lowest BCUT2D eigenvalue weighted by Crippen LogP contribution is -2.54. The van der Waals surface area contributed by atoms with Gasteiger partial charge in [0.05, 0.1) is 35.4 Å². The van der Waals surface area contributed by atoms with E-state index in [4.69, 9.17) is 37.8 Å². The fourth-order valence-corrected chi connectivity index (χ4v) is 7.26. The van der Waals surface area contributed by atoms with Gasteiger partial charge in [0.25, 0.3) is 0 Å². The van der Waals surface area contributed by atoms with Gasteiger partial charge in [0.2, 0.25) is 5.91 Å². The zero-order valence-electron chi connectivity index (χ0n) is 28.6. The lowest BCUT2D eigenvalue weighted by molar-refractivity contribution is -0.126. The number of aliphatic hydroxyl groups excluding tert-OH is 5. The van der Waals surface area contributed by atoms with Crippen LogP contribution in [0.3, 0.4) is 0 Å². The monoisotopic (exact) mass is 730 g/mol. The van der Waals surface area contributed by atoms with Gasteiger partial charge in [-0.1, -0.05) is 55.2 Å². The number of pyridine rings is 1. The Morgan fingerprint density at radius 3 is 2.30 bits per heavy atom. The van der Waals surface area contributed by atoms with Gasteiger partial charge < -0.3 is 40.3 Å². The molecule has 2 aromatic carbocycles. The quantitative estimate of drug-likeness (QED) is 0.0927. The highest BCUT2D eigenvalue weighted by Crippen LogP contribution is 2.55. The summed E-state index contributed by atoms with van der Waals surface area (Å²) in [6.07, 6.45) is 5.66. The third-order valence-corrected chi connectivity index (χ3v) is 10.5. The van der Waals surface area contributed by atoms with E-state index in [0.29, 0.717) is 47.9 Å². The SMILES string of the molecule is CCc1c(Cl)c(OC2(c3cnccc3-c3ccccc3OC3CC3)CC2)c(CC)c(Cl)c1CCCCC(=O)N[C@@H](CO)[C@@H](O)[C@H](O)[C@H](O)CO. The number of rotatable bonds is 19. The summed E-state index contributed by atoms with van der Waals surface area (Å²) in [7, 11) is 0. The topological polar surface area (TPSA) is 162 Å². The molecule has 0 unspecified atom stereocenters. The predicted molar refractivity (Wildman–Crippen MR) is 192 cm³/mol. The molecule has 1 amide bonds. The van der Waals surface area contributed by atoms with Crippen molar-refractivity contribution in [2.45, 2.75) is 114 Å². The molecule has 1 heterocycles. The molecule has 50 heavy (non-hydrogen) atoms. The van der Waals surface area contributed by atoms with Crippen molar-refractivity contribution in [1.29, 1.82) is 0 Å². The number of para-hydroxylation sites is 1. The molecule has 10 nitrogen and oxygen atoms in total. The molecule has 4 atom stereocenters. The fourth-order valence-electron chi connectivity index (χ4n) is 6.43.